The van der Waals surface area contributed by atoms with Gasteiger partial charge >= 0.3 is 10.1 Å². The van der Waals surface area contributed by atoms with Crippen molar-refractivity contribution in [2.75, 3.05) is 19.3 Å². The molecule has 0 aliphatic carbocycles. The van der Waals surface area contributed by atoms with Crippen molar-refractivity contribution in [1.82, 2.24) is 9.88 Å². The summed E-state index contributed by atoms with van der Waals surface area (Å²) in [6, 6.07) is 8.59. The van der Waals surface area contributed by atoms with Gasteiger partial charge in [-0.2, -0.15) is 8.42 Å². The molecule has 1 atom stereocenters. The van der Waals surface area contributed by atoms with E-state index < -0.39 is 16.4 Å². The number of rotatable bonds is 6. The molecule has 2 aromatic carbocycles. The number of likely N-dealkylation sites (tertiary alicyclic amines) is 1. The predicted octanol–water partition coefficient (Wildman–Crippen LogP) is 6.09. The first-order chi connectivity index (χ1) is 18.6. The Labute approximate surface area is 254 Å². The number of aromatic nitrogens is 1. The van der Waals surface area contributed by atoms with Gasteiger partial charge in [-0.1, -0.05) is 23.2 Å². The SMILES string of the molecule is CS(=O)(=O)Oc1ccc(I)c2c1COC(c1csc(C3CCN(C(=O)Cc4cc(Cl)ccc4Cl)CC3)n1)OC2. The molecule has 3 heterocycles. The van der Waals surface area contributed by atoms with Gasteiger partial charge in [-0.15, -0.1) is 11.3 Å². The second-order valence-corrected chi connectivity index (χ2v) is 13.9. The van der Waals surface area contributed by atoms with Gasteiger partial charge in [-0.3, -0.25) is 4.79 Å². The van der Waals surface area contributed by atoms with E-state index in [2.05, 4.69) is 22.6 Å². The Morgan fingerprint density at radius 3 is 2.59 bits per heavy atom. The van der Waals surface area contributed by atoms with E-state index in [0.717, 1.165) is 38.8 Å². The average molecular weight is 723 g/mol. The summed E-state index contributed by atoms with van der Waals surface area (Å²) < 4.78 is 41.6. The van der Waals surface area contributed by atoms with Crippen LogP contribution in [0.25, 0.3) is 0 Å². The molecule has 0 saturated carbocycles. The second kappa shape index (κ2) is 12.2. The fourth-order valence-electron chi connectivity index (χ4n) is 4.66. The van der Waals surface area contributed by atoms with Crippen LogP contribution in [0, 0.1) is 3.57 Å². The van der Waals surface area contributed by atoms with Crippen molar-refractivity contribution in [3.05, 3.63) is 76.7 Å². The number of amides is 1. The number of benzene rings is 2. The normalized spacial score (nSPS) is 18.5. The number of ether oxygens (including phenoxy) is 2. The highest BCUT2D eigenvalue weighted by Gasteiger charge is 2.29. The third-order valence-electron chi connectivity index (χ3n) is 6.66. The molecule has 1 amide bonds. The van der Waals surface area contributed by atoms with E-state index >= 15 is 0 Å². The van der Waals surface area contributed by atoms with Crippen LogP contribution in [0.2, 0.25) is 10.0 Å². The summed E-state index contributed by atoms with van der Waals surface area (Å²) in [5.41, 5.74) is 2.90. The molecule has 5 rings (SSSR count). The summed E-state index contributed by atoms with van der Waals surface area (Å²) in [7, 11) is -3.68. The Balaban J connectivity index is 1.20. The number of halogens is 3. The molecule has 0 N–H and O–H groups in total. The molecular formula is C26H25Cl2IN2O6S2. The van der Waals surface area contributed by atoms with Crippen LogP contribution in [0.4, 0.5) is 0 Å². The quantitative estimate of drug-likeness (QED) is 0.225. The molecular weight excluding hydrogens is 698 g/mol. The molecule has 8 nitrogen and oxygen atoms in total. The Morgan fingerprint density at radius 2 is 1.87 bits per heavy atom. The second-order valence-electron chi connectivity index (χ2n) is 9.42. The molecule has 1 unspecified atom stereocenters. The Morgan fingerprint density at radius 1 is 1.15 bits per heavy atom. The number of hydrogen-bond donors (Lipinski definition) is 0. The molecule has 208 valence electrons. The lowest BCUT2D eigenvalue weighted by Gasteiger charge is -2.31. The molecule has 0 bridgehead atoms. The highest BCUT2D eigenvalue weighted by molar-refractivity contribution is 14.1. The number of carbonyl (C=O) groups is 1. The van der Waals surface area contributed by atoms with Gasteiger partial charge in [0.2, 0.25) is 12.2 Å². The standard InChI is InChI=1S/C26H25Cl2IN2O6S2/c1-39(33,34)37-23-5-4-21(29)18-12-35-26(36-13-19(18)23)22-14-38-25(30-22)15-6-8-31(9-7-15)24(32)11-16-10-17(27)2-3-20(16)28/h2-5,10,14-15,26H,6-9,11-13H2,1H3. The molecule has 13 heteroatoms. The van der Waals surface area contributed by atoms with E-state index in [0.29, 0.717) is 34.4 Å². The fraction of sp³-hybridized carbons (Fsp3) is 0.385. The van der Waals surface area contributed by atoms with Crippen LogP contribution in [0.5, 0.6) is 5.75 Å². The lowest BCUT2D eigenvalue weighted by atomic mass is 9.97. The van der Waals surface area contributed by atoms with Crippen molar-refractivity contribution in [3.8, 4) is 5.75 Å². The van der Waals surface area contributed by atoms with E-state index in [-0.39, 0.29) is 37.2 Å². The monoisotopic (exact) mass is 722 g/mol. The van der Waals surface area contributed by atoms with Crippen molar-refractivity contribution in [3.63, 3.8) is 0 Å². The van der Waals surface area contributed by atoms with Crippen molar-refractivity contribution >= 4 is 73.2 Å². The maximum atomic E-state index is 12.9. The molecule has 1 saturated heterocycles. The summed E-state index contributed by atoms with van der Waals surface area (Å²) in [6.45, 7) is 1.66. The third-order valence-corrected chi connectivity index (χ3v) is 9.78. The zero-order chi connectivity index (χ0) is 27.7. The molecule has 2 aliphatic rings. The van der Waals surface area contributed by atoms with Gasteiger partial charge in [-0.25, -0.2) is 4.98 Å². The van der Waals surface area contributed by atoms with E-state index in [9.17, 15) is 13.2 Å². The number of nitrogens with zero attached hydrogens (tertiary/aromatic N) is 2. The fourth-order valence-corrected chi connectivity index (χ4v) is 7.18. The van der Waals surface area contributed by atoms with E-state index in [1.807, 2.05) is 10.3 Å². The van der Waals surface area contributed by atoms with Gasteiger partial charge in [0.05, 0.1) is 30.9 Å². The lowest BCUT2D eigenvalue weighted by Crippen LogP contribution is -2.38. The third kappa shape index (κ3) is 7.06. The van der Waals surface area contributed by atoms with E-state index in [1.165, 1.54) is 0 Å². The van der Waals surface area contributed by atoms with Crippen molar-refractivity contribution in [2.45, 2.75) is 44.7 Å². The zero-order valence-electron chi connectivity index (χ0n) is 20.9. The van der Waals surface area contributed by atoms with Crippen molar-refractivity contribution in [2.24, 2.45) is 0 Å². The van der Waals surface area contributed by atoms with Crippen molar-refractivity contribution in [1.29, 1.82) is 0 Å². The molecule has 1 fully saturated rings. The predicted molar refractivity (Wildman–Crippen MR) is 158 cm³/mol. The first kappa shape index (κ1) is 29.0. The van der Waals surface area contributed by atoms with Gasteiger partial charge in [-0.05, 0) is 71.3 Å². The van der Waals surface area contributed by atoms with Gasteiger partial charge in [0.25, 0.3) is 0 Å². The number of thiazole rings is 1. The van der Waals surface area contributed by atoms with Crippen LogP contribution in [-0.2, 0) is 44.0 Å². The average Bonchev–Trinajstić information content (AvgIpc) is 3.27. The Hall–Kier alpha value is -1.48. The summed E-state index contributed by atoms with van der Waals surface area (Å²) in [4.78, 5) is 19.6. The smallest absolute Gasteiger partial charge is 0.306 e. The van der Waals surface area contributed by atoms with E-state index in [1.54, 1.807) is 41.7 Å². The minimum Gasteiger partial charge on any atom is -0.382 e. The van der Waals surface area contributed by atoms with Gasteiger partial charge in [0.15, 0.2) is 0 Å². The summed E-state index contributed by atoms with van der Waals surface area (Å²) in [6.07, 6.45) is 2.17. The summed E-state index contributed by atoms with van der Waals surface area (Å²) >= 11 is 16.1. The Bertz CT molecular complexity index is 1490. The van der Waals surface area contributed by atoms with Gasteiger partial charge in [0.1, 0.15) is 11.4 Å². The van der Waals surface area contributed by atoms with Crippen LogP contribution in [0.15, 0.2) is 35.7 Å². The van der Waals surface area contributed by atoms with Crippen LogP contribution < -0.4 is 4.18 Å². The van der Waals surface area contributed by atoms with Crippen LogP contribution in [-0.4, -0.2) is 43.6 Å². The molecule has 3 aromatic rings. The van der Waals surface area contributed by atoms with Crippen LogP contribution in [0.3, 0.4) is 0 Å². The number of piperidine rings is 1. The highest BCUT2D eigenvalue weighted by Crippen LogP contribution is 2.37. The molecule has 0 spiro atoms. The largest absolute Gasteiger partial charge is 0.382 e. The summed E-state index contributed by atoms with van der Waals surface area (Å²) in [5.74, 6) is 0.516. The topological polar surface area (TPSA) is 95.0 Å². The maximum Gasteiger partial charge on any atom is 0.306 e. The van der Waals surface area contributed by atoms with Crippen LogP contribution in [0.1, 0.15) is 52.4 Å². The van der Waals surface area contributed by atoms with Gasteiger partial charge < -0.3 is 18.6 Å². The van der Waals surface area contributed by atoms with Crippen molar-refractivity contribution < 1.29 is 26.9 Å². The van der Waals surface area contributed by atoms with Gasteiger partial charge in [0, 0.05) is 49.1 Å². The lowest BCUT2D eigenvalue weighted by molar-refractivity contribution is -0.155. The highest BCUT2D eigenvalue weighted by atomic mass is 127. The Kier molecular flexibility index (Phi) is 9.06. The number of fused-ring (bicyclic) bond motifs is 1. The zero-order valence-corrected chi connectivity index (χ0v) is 26.2. The molecule has 2 aliphatic heterocycles. The van der Waals surface area contributed by atoms with E-state index in [4.69, 9.17) is 41.8 Å². The maximum absolute atomic E-state index is 12.9. The molecule has 0 radical (unpaired) electrons. The minimum absolute atomic E-state index is 0.0334. The minimum atomic E-state index is -3.68. The molecule has 39 heavy (non-hydrogen) atoms. The van der Waals surface area contributed by atoms with Crippen LogP contribution >= 0.6 is 57.1 Å². The first-order valence-electron chi connectivity index (χ1n) is 12.2. The number of hydrogen-bond acceptors (Lipinski definition) is 8. The summed E-state index contributed by atoms with van der Waals surface area (Å²) in [5, 5.41) is 4.02. The first-order valence-corrected chi connectivity index (χ1v) is 16.7. The number of carbonyl (C=O) groups excluding carboxylic acids is 1. The molecule has 1 aromatic heterocycles.